The number of aromatic carboxylic acids is 1. The second-order valence-electron chi connectivity index (χ2n) is 4.85. The van der Waals surface area contributed by atoms with Gasteiger partial charge in [0, 0.05) is 6.61 Å². The van der Waals surface area contributed by atoms with Crippen molar-refractivity contribution in [3.8, 4) is 0 Å². The number of aromatic nitrogens is 2. The summed E-state index contributed by atoms with van der Waals surface area (Å²) in [6.07, 6.45) is 3.20. The van der Waals surface area contributed by atoms with Crippen LogP contribution in [-0.2, 0) is 11.3 Å². The Morgan fingerprint density at radius 2 is 2.35 bits per heavy atom. The fourth-order valence-electron chi connectivity index (χ4n) is 2.48. The van der Waals surface area contributed by atoms with Gasteiger partial charge in [0.15, 0.2) is 0 Å². The molecule has 1 N–H and O–H groups in total. The standard InChI is InChI=1S/C14H14N2O4/c17-13-7-15-11-6-9(14(18)19)3-4-12(11)16(13)8-10-2-1-5-20-10/h3-4,6-7,10H,1-2,5,8H2,(H,18,19). The summed E-state index contributed by atoms with van der Waals surface area (Å²) in [6.45, 7) is 1.20. The van der Waals surface area contributed by atoms with Gasteiger partial charge in [-0.1, -0.05) is 0 Å². The van der Waals surface area contributed by atoms with Crippen LogP contribution in [0.15, 0.2) is 29.2 Å². The summed E-state index contributed by atoms with van der Waals surface area (Å²) in [4.78, 5) is 26.9. The van der Waals surface area contributed by atoms with E-state index < -0.39 is 5.97 Å². The van der Waals surface area contributed by atoms with Crippen molar-refractivity contribution in [2.75, 3.05) is 6.61 Å². The molecule has 1 aromatic heterocycles. The molecule has 0 aliphatic carbocycles. The Morgan fingerprint density at radius 3 is 3.05 bits per heavy atom. The second kappa shape index (κ2) is 5.05. The van der Waals surface area contributed by atoms with Crippen molar-refractivity contribution in [2.45, 2.75) is 25.5 Å². The first-order valence-electron chi connectivity index (χ1n) is 6.49. The Balaban J connectivity index is 2.07. The predicted octanol–water partition coefficient (Wildman–Crippen LogP) is 1.27. The van der Waals surface area contributed by atoms with Crippen LogP contribution in [0.1, 0.15) is 23.2 Å². The van der Waals surface area contributed by atoms with Crippen LogP contribution in [0.4, 0.5) is 0 Å². The van der Waals surface area contributed by atoms with Crippen LogP contribution in [0.25, 0.3) is 11.0 Å². The van der Waals surface area contributed by atoms with E-state index in [0.717, 1.165) is 19.4 Å². The van der Waals surface area contributed by atoms with Gasteiger partial charge in [0.2, 0.25) is 0 Å². The molecule has 0 amide bonds. The van der Waals surface area contributed by atoms with Gasteiger partial charge in [-0.15, -0.1) is 0 Å². The number of benzene rings is 1. The normalized spacial score (nSPS) is 18.5. The van der Waals surface area contributed by atoms with Crippen molar-refractivity contribution in [3.05, 3.63) is 40.3 Å². The summed E-state index contributed by atoms with van der Waals surface area (Å²) in [5.41, 5.74) is 1.10. The van der Waals surface area contributed by atoms with Gasteiger partial charge in [-0.3, -0.25) is 4.79 Å². The minimum absolute atomic E-state index is 0.0393. The van der Waals surface area contributed by atoms with Gasteiger partial charge in [0.05, 0.1) is 35.4 Å². The van der Waals surface area contributed by atoms with Crippen molar-refractivity contribution in [1.29, 1.82) is 0 Å². The highest BCUT2D eigenvalue weighted by Crippen LogP contribution is 2.17. The molecule has 6 heteroatoms. The van der Waals surface area contributed by atoms with Gasteiger partial charge in [-0.25, -0.2) is 9.78 Å². The molecular weight excluding hydrogens is 260 g/mol. The molecule has 3 rings (SSSR count). The third kappa shape index (κ3) is 2.30. The first kappa shape index (κ1) is 12.8. The Morgan fingerprint density at radius 1 is 1.50 bits per heavy atom. The number of rotatable bonds is 3. The molecule has 1 saturated heterocycles. The zero-order chi connectivity index (χ0) is 14.1. The highest BCUT2D eigenvalue weighted by atomic mass is 16.5. The van der Waals surface area contributed by atoms with Crippen molar-refractivity contribution < 1.29 is 14.6 Å². The molecule has 0 saturated carbocycles. The third-order valence-corrected chi connectivity index (χ3v) is 3.50. The van der Waals surface area contributed by atoms with E-state index in [0.29, 0.717) is 17.6 Å². The average molecular weight is 274 g/mol. The molecule has 0 bridgehead atoms. The lowest BCUT2D eigenvalue weighted by molar-refractivity contribution is 0.0697. The summed E-state index contributed by atoms with van der Waals surface area (Å²) in [5.74, 6) is -1.01. The lowest BCUT2D eigenvalue weighted by atomic mass is 10.2. The largest absolute Gasteiger partial charge is 0.478 e. The number of carboxylic acid groups (broad SMARTS) is 1. The van der Waals surface area contributed by atoms with E-state index in [1.54, 1.807) is 10.6 Å². The van der Waals surface area contributed by atoms with Crippen molar-refractivity contribution in [1.82, 2.24) is 9.55 Å². The molecular formula is C14H14N2O4. The smallest absolute Gasteiger partial charge is 0.335 e. The lowest BCUT2D eigenvalue weighted by Gasteiger charge is -2.14. The fourth-order valence-corrected chi connectivity index (χ4v) is 2.48. The predicted molar refractivity (Wildman–Crippen MR) is 71.9 cm³/mol. The summed E-state index contributed by atoms with van der Waals surface area (Å²) in [6, 6.07) is 4.59. The second-order valence-corrected chi connectivity index (χ2v) is 4.85. The SMILES string of the molecule is O=C(O)c1ccc2c(c1)ncc(=O)n2CC1CCCO1. The van der Waals surface area contributed by atoms with Crippen LogP contribution in [0.2, 0.25) is 0 Å². The third-order valence-electron chi connectivity index (χ3n) is 3.50. The van der Waals surface area contributed by atoms with Gasteiger partial charge in [-0.05, 0) is 31.0 Å². The summed E-state index contributed by atoms with van der Waals surface area (Å²) < 4.78 is 7.15. The number of nitrogens with zero attached hydrogens (tertiary/aromatic N) is 2. The maximum Gasteiger partial charge on any atom is 0.335 e. The number of carboxylic acids is 1. The Labute approximate surface area is 114 Å². The minimum atomic E-state index is -1.01. The molecule has 1 atom stereocenters. The topological polar surface area (TPSA) is 81.4 Å². The van der Waals surface area contributed by atoms with Gasteiger partial charge >= 0.3 is 5.97 Å². The van der Waals surface area contributed by atoms with Crippen molar-refractivity contribution >= 4 is 17.0 Å². The maximum atomic E-state index is 12.0. The number of ether oxygens (including phenoxy) is 1. The number of hydrogen-bond donors (Lipinski definition) is 1. The van der Waals surface area contributed by atoms with Crippen LogP contribution in [0.5, 0.6) is 0 Å². The first-order chi connectivity index (χ1) is 9.65. The van der Waals surface area contributed by atoms with Gasteiger partial charge < -0.3 is 14.4 Å². The molecule has 6 nitrogen and oxygen atoms in total. The van der Waals surface area contributed by atoms with E-state index in [2.05, 4.69) is 4.98 Å². The molecule has 1 aliphatic heterocycles. The van der Waals surface area contributed by atoms with Crippen molar-refractivity contribution in [2.24, 2.45) is 0 Å². The summed E-state index contributed by atoms with van der Waals surface area (Å²) in [5, 5.41) is 8.98. The van der Waals surface area contributed by atoms with E-state index in [-0.39, 0.29) is 17.2 Å². The van der Waals surface area contributed by atoms with E-state index >= 15 is 0 Å². The summed E-state index contributed by atoms with van der Waals surface area (Å²) in [7, 11) is 0. The molecule has 1 aromatic carbocycles. The molecule has 2 heterocycles. The molecule has 1 fully saturated rings. The van der Waals surface area contributed by atoms with E-state index in [1.165, 1.54) is 18.3 Å². The Bertz CT molecular complexity index is 717. The molecule has 20 heavy (non-hydrogen) atoms. The van der Waals surface area contributed by atoms with Crippen LogP contribution in [0.3, 0.4) is 0 Å². The molecule has 104 valence electrons. The number of carbonyl (C=O) groups is 1. The zero-order valence-corrected chi connectivity index (χ0v) is 10.8. The zero-order valence-electron chi connectivity index (χ0n) is 10.8. The van der Waals surface area contributed by atoms with Crippen LogP contribution in [-0.4, -0.2) is 33.3 Å². The van der Waals surface area contributed by atoms with E-state index in [1.807, 2.05) is 0 Å². The minimum Gasteiger partial charge on any atom is -0.478 e. The fraction of sp³-hybridized carbons (Fsp3) is 0.357. The molecule has 0 spiro atoms. The lowest BCUT2D eigenvalue weighted by Crippen LogP contribution is -2.26. The average Bonchev–Trinajstić information content (AvgIpc) is 2.94. The van der Waals surface area contributed by atoms with E-state index in [9.17, 15) is 9.59 Å². The van der Waals surface area contributed by atoms with Crippen LogP contribution >= 0.6 is 0 Å². The first-order valence-corrected chi connectivity index (χ1v) is 6.49. The number of hydrogen-bond acceptors (Lipinski definition) is 4. The van der Waals surface area contributed by atoms with Crippen molar-refractivity contribution in [3.63, 3.8) is 0 Å². The Hall–Kier alpha value is -2.21. The molecule has 1 aliphatic rings. The van der Waals surface area contributed by atoms with Gasteiger partial charge in [0.25, 0.3) is 5.56 Å². The highest BCUT2D eigenvalue weighted by Gasteiger charge is 2.18. The van der Waals surface area contributed by atoms with E-state index in [4.69, 9.17) is 9.84 Å². The summed E-state index contributed by atoms with van der Waals surface area (Å²) >= 11 is 0. The quantitative estimate of drug-likeness (QED) is 0.911. The van der Waals surface area contributed by atoms with Crippen LogP contribution in [0, 0.1) is 0 Å². The van der Waals surface area contributed by atoms with Gasteiger partial charge in [-0.2, -0.15) is 0 Å². The molecule has 0 radical (unpaired) electrons. The Kier molecular flexibility index (Phi) is 3.23. The number of fused-ring (bicyclic) bond motifs is 1. The monoisotopic (exact) mass is 274 g/mol. The van der Waals surface area contributed by atoms with Crippen LogP contribution < -0.4 is 5.56 Å². The molecule has 1 unspecified atom stereocenters. The maximum absolute atomic E-state index is 12.0. The molecule has 2 aromatic rings. The highest BCUT2D eigenvalue weighted by molar-refractivity contribution is 5.92. The van der Waals surface area contributed by atoms with Gasteiger partial charge in [0.1, 0.15) is 0 Å².